The molecular formula is C14H27N5O2. The fraction of sp³-hybridized carbons (Fsp3) is 0.786. The van der Waals surface area contributed by atoms with Crippen molar-refractivity contribution < 1.29 is 9.84 Å². The molecule has 1 heterocycles. The van der Waals surface area contributed by atoms with Gasteiger partial charge in [0.15, 0.2) is 0 Å². The summed E-state index contributed by atoms with van der Waals surface area (Å²) < 4.78 is 5.54. The predicted molar refractivity (Wildman–Crippen MR) is 83.7 cm³/mol. The molecule has 0 unspecified atom stereocenters. The van der Waals surface area contributed by atoms with Crippen LogP contribution >= 0.6 is 0 Å². The maximum atomic E-state index is 9.29. The maximum Gasteiger partial charge on any atom is 0.323 e. The van der Waals surface area contributed by atoms with E-state index in [-0.39, 0.29) is 18.1 Å². The highest BCUT2D eigenvalue weighted by Crippen LogP contribution is 2.17. The molecule has 0 aliphatic rings. The zero-order valence-corrected chi connectivity index (χ0v) is 13.6. The average Bonchev–Trinajstić information content (AvgIpc) is 2.42. The minimum Gasteiger partial charge on any atom is -0.461 e. The molecule has 0 bridgehead atoms. The molecule has 0 spiro atoms. The standard InChI is InChI=1S/C14H27N5O2/c1-6-7-15-11-17-12(16-8-14(4,5)9-20)19-13(18-11)21-10(2)3/h10,20H,6-9H2,1-5H3,(H2,15,16,17,18,19). The van der Waals surface area contributed by atoms with Crippen LogP contribution in [0.3, 0.4) is 0 Å². The van der Waals surface area contributed by atoms with Gasteiger partial charge in [0.2, 0.25) is 11.9 Å². The summed E-state index contributed by atoms with van der Waals surface area (Å²) >= 11 is 0. The Labute approximate surface area is 126 Å². The van der Waals surface area contributed by atoms with Crippen LogP contribution < -0.4 is 15.4 Å². The summed E-state index contributed by atoms with van der Waals surface area (Å²) in [5.74, 6) is 0.938. The highest BCUT2D eigenvalue weighted by atomic mass is 16.5. The van der Waals surface area contributed by atoms with Crippen LogP contribution in [0.15, 0.2) is 0 Å². The van der Waals surface area contributed by atoms with E-state index in [1.807, 2.05) is 27.7 Å². The zero-order chi connectivity index (χ0) is 15.9. The van der Waals surface area contributed by atoms with Crippen LogP contribution in [-0.2, 0) is 0 Å². The van der Waals surface area contributed by atoms with Gasteiger partial charge in [-0.1, -0.05) is 20.8 Å². The van der Waals surface area contributed by atoms with Gasteiger partial charge in [-0.25, -0.2) is 0 Å². The Bertz CT molecular complexity index is 437. The fourth-order valence-electron chi connectivity index (χ4n) is 1.39. The molecule has 0 fully saturated rings. The molecule has 7 nitrogen and oxygen atoms in total. The Hall–Kier alpha value is -1.63. The first-order valence-corrected chi connectivity index (χ1v) is 7.37. The molecule has 0 aliphatic heterocycles. The van der Waals surface area contributed by atoms with E-state index < -0.39 is 0 Å². The lowest BCUT2D eigenvalue weighted by Crippen LogP contribution is -2.27. The number of nitrogens with zero attached hydrogens (tertiary/aromatic N) is 3. The largest absolute Gasteiger partial charge is 0.461 e. The van der Waals surface area contributed by atoms with E-state index in [1.54, 1.807) is 0 Å². The van der Waals surface area contributed by atoms with Crippen molar-refractivity contribution in [2.45, 2.75) is 47.1 Å². The number of aromatic nitrogens is 3. The van der Waals surface area contributed by atoms with Gasteiger partial charge in [0.25, 0.3) is 0 Å². The first-order chi connectivity index (χ1) is 9.86. The smallest absolute Gasteiger partial charge is 0.323 e. The van der Waals surface area contributed by atoms with Crippen LogP contribution in [0, 0.1) is 5.41 Å². The molecular weight excluding hydrogens is 270 g/mol. The number of anilines is 2. The van der Waals surface area contributed by atoms with Crippen LogP contribution in [0.2, 0.25) is 0 Å². The third-order valence-corrected chi connectivity index (χ3v) is 2.64. The van der Waals surface area contributed by atoms with Gasteiger partial charge in [0, 0.05) is 25.1 Å². The number of aliphatic hydroxyl groups is 1. The van der Waals surface area contributed by atoms with E-state index in [2.05, 4.69) is 32.5 Å². The van der Waals surface area contributed by atoms with Gasteiger partial charge in [-0.3, -0.25) is 0 Å². The van der Waals surface area contributed by atoms with Gasteiger partial charge in [-0.05, 0) is 20.3 Å². The number of ether oxygens (including phenoxy) is 1. The van der Waals surface area contributed by atoms with Gasteiger partial charge in [0.1, 0.15) is 0 Å². The van der Waals surface area contributed by atoms with E-state index in [0.717, 1.165) is 13.0 Å². The Morgan fingerprint density at radius 3 is 2.29 bits per heavy atom. The molecule has 0 radical (unpaired) electrons. The third-order valence-electron chi connectivity index (χ3n) is 2.64. The topological polar surface area (TPSA) is 92.2 Å². The first-order valence-electron chi connectivity index (χ1n) is 7.37. The van der Waals surface area contributed by atoms with E-state index in [1.165, 1.54) is 0 Å². The lowest BCUT2D eigenvalue weighted by atomic mass is 9.95. The van der Waals surface area contributed by atoms with Crippen LogP contribution in [0.5, 0.6) is 6.01 Å². The Balaban J connectivity index is 2.84. The fourth-order valence-corrected chi connectivity index (χ4v) is 1.39. The van der Waals surface area contributed by atoms with Crippen LogP contribution in [0.4, 0.5) is 11.9 Å². The highest BCUT2D eigenvalue weighted by molar-refractivity contribution is 5.36. The van der Waals surface area contributed by atoms with Gasteiger partial charge in [-0.15, -0.1) is 0 Å². The van der Waals surface area contributed by atoms with Crippen molar-refractivity contribution in [3.8, 4) is 6.01 Å². The quantitative estimate of drug-likeness (QED) is 0.641. The SMILES string of the molecule is CCCNc1nc(NCC(C)(C)CO)nc(OC(C)C)n1. The second-order valence-electron chi connectivity index (χ2n) is 6.03. The minimum absolute atomic E-state index is 0.00634. The zero-order valence-electron chi connectivity index (χ0n) is 13.6. The van der Waals surface area contributed by atoms with E-state index in [9.17, 15) is 5.11 Å². The van der Waals surface area contributed by atoms with Crippen LogP contribution in [-0.4, -0.2) is 45.9 Å². The molecule has 0 aliphatic carbocycles. The summed E-state index contributed by atoms with van der Waals surface area (Å²) in [7, 11) is 0. The molecule has 21 heavy (non-hydrogen) atoms. The normalized spacial score (nSPS) is 11.6. The third kappa shape index (κ3) is 6.57. The van der Waals surface area contributed by atoms with Crippen molar-refractivity contribution in [2.75, 3.05) is 30.3 Å². The molecule has 0 aromatic carbocycles. The summed E-state index contributed by atoms with van der Waals surface area (Å²) in [4.78, 5) is 12.8. The van der Waals surface area contributed by atoms with Crippen molar-refractivity contribution in [3.05, 3.63) is 0 Å². The molecule has 0 saturated heterocycles. The van der Waals surface area contributed by atoms with Crippen molar-refractivity contribution >= 4 is 11.9 Å². The Kier molecular flexibility index (Phi) is 6.61. The summed E-state index contributed by atoms with van der Waals surface area (Å²) in [5, 5.41) is 15.5. The highest BCUT2D eigenvalue weighted by Gasteiger charge is 2.17. The second kappa shape index (κ2) is 7.97. The van der Waals surface area contributed by atoms with Gasteiger partial charge in [-0.2, -0.15) is 15.0 Å². The first kappa shape index (κ1) is 17.4. The molecule has 120 valence electrons. The van der Waals surface area contributed by atoms with Crippen LogP contribution in [0.1, 0.15) is 41.0 Å². The van der Waals surface area contributed by atoms with Crippen molar-refractivity contribution in [3.63, 3.8) is 0 Å². The number of rotatable bonds is 9. The summed E-state index contributed by atoms with van der Waals surface area (Å²) in [5.41, 5.74) is -0.247. The summed E-state index contributed by atoms with van der Waals surface area (Å²) in [6, 6.07) is 0.294. The maximum absolute atomic E-state index is 9.29. The second-order valence-corrected chi connectivity index (χ2v) is 6.03. The number of nitrogens with one attached hydrogen (secondary N) is 2. The number of aliphatic hydroxyl groups excluding tert-OH is 1. The predicted octanol–water partition coefficient (Wildman–Crippen LogP) is 1.91. The molecule has 3 N–H and O–H groups in total. The lowest BCUT2D eigenvalue weighted by Gasteiger charge is -2.22. The molecule has 0 saturated carbocycles. The monoisotopic (exact) mass is 297 g/mol. The summed E-state index contributed by atoms with van der Waals surface area (Å²) in [6.45, 7) is 11.3. The van der Waals surface area contributed by atoms with Crippen molar-refractivity contribution in [2.24, 2.45) is 5.41 Å². The summed E-state index contributed by atoms with van der Waals surface area (Å²) in [6.07, 6.45) is 0.972. The molecule has 1 aromatic rings. The van der Waals surface area contributed by atoms with E-state index in [0.29, 0.717) is 24.5 Å². The molecule has 0 atom stereocenters. The van der Waals surface area contributed by atoms with E-state index >= 15 is 0 Å². The van der Waals surface area contributed by atoms with Crippen molar-refractivity contribution in [1.29, 1.82) is 0 Å². The lowest BCUT2D eigenvalue weighted by molar-refractivity contribution is 0.170. The van der Waals surface area contributed by atoms with Crippen LogP contribution in [0.25, 0.3) is 0 Å². The number of hydrogen-bond donors (Lipinski definition) is 3. The molecule has 1 aromatic heterocycles. The Morgan fingerprint density at radius 1 is 1.14 bits per heavy atom. The molecule has 7 heteroatoms. The van der Waals surface area contributed by atoms with Gasteiger partial charge >= 0.3 is 6.01 Å². The Morgan fingerprint density at radius 2 is 1.76 bits per heavy atom. The van der Waals surface area contributed by atoms with Crippen molar-refractivity contribution in [1.82, 2.24) is 15.0 Å². The van der Waals surface area contributed by atoms with E-state index in [4.69, 9.17) is 4.74 Å². The minimum atomic E-state index is -0.247. The molecule has 1 rings (SSSR count). The van der Waals surface area contributed by atoms with Gasteiger partial charge < -0.3 is 20.5 Å². The number of hydrogen-bond acceptors (Lipinski definition) is 7. The average molecular weight is 297 g/mol. The van der Waals surface area contributed by atoms with Gasteiger partial charge in [0.05, 0.1) is 6.10 Å². The molecule has 0 amide bonds.